The van der Waals surface area contributed by atoms with Crippen molar-refractivity contribution in [1.82, 2.24) is 0 Å². The second-order valence-corrected chi connectivity index (χ2v) is 5.64. The van der Waals surface area contributed by atoms with E-state index in [-0.39, 0.29) is 5.43 Å². The fourth-order valence-electron chi connectivity index (χ4n) is 2.98. The van der Waals surface area contributed by atoms with Gasteiger partial charge in [-0.05, 0) is 38.1 Å². The van der Waals surface area contributed by atoms with E-state index in [4.69, 9.17) is 4.42 Å². The number of anilines is 2. The number of rotatable bonds is 1. The maximum atomic E-state index is 12.9. The monoisotopic (exact) mass is 304 g/mol. The van der Waals surface area contributed by atoms with Gasteiger partial charge in [0.05, 0.1) is 16.8 Å². The summed E-state index contributed by atoms with van der Waals surface area (Å²) in [6, 6.07) is 13.5. The van der Waals surface area contributed by atoms with Crippen LogP contribution in [0.1, 0.15) is 18.1 Å². The molecule has 0 aliphatic carbocycles. The summed E-state index contributed by atoms with van der Waals surface area (Å²) in [5, 5.41) is 0.595. The van der Waals surface area contributed by atoms with Crippen LogP contribution in [0.25, 0.3) is 11.0 Å². The van der Waals surface area contributed by atoms with Crippen LogP contribution in [0.4, 0.5) is 17.3 Å². The molecule has 0 radical (unpaired) electrons. The number of para-hydroxylation sites is 2. The quantitative estimate of drug-likeness (QED) is 0.672. The molecule has 2 heterocycles. The molecule has 3 aromatic rings. The SMILES string of the molecule is CCN1c2ccccc2N=Cc2c1oc1ccc(C)cc1c2=O. The second kappa shape index (κ2) is 5.09. The Morgan fingerprint density at radius 1 is 1.17 bits per heavy atom. The van der Waals surface area contributed by atoms with Gasteiger partial charge in [0.25, 0.3) is 0 Å². The number of aliphatic imine (C=N–C) groups is 1. The van der Waals surface area contributed by atoms with Gasteiger partial charge in [0.1, 0.15) is 11.1 Å². The number of fused-ring (bicyclic) bond motifs is 3. The average molecular weight is 304 g/mol. The summed E-state index contributed by atoms with van der Waals surface area (Å²) in [4.78, 5) is 19.4. The Morgan fingerprint density at radius 3 is 2.83 bits per heavy atom. The number of hydrogen-bond acceptors (Lipinski definition) is 4. The largest absolute Gasteiger partial charge is 0.439 e. The first-order valence-electron chi connectivity index (χ1n) is 7.67. The molecule has 1 aliphatic heterocycles. The minimum atomic E-state index is -0.0417. The smallest absolute Gasteiger partial charge is 0.213 e. The van der Waals surface area contributed by atoms with Crippen LogP contribution >= 0.6 is 0 Å². The molecule has 0 saturated carbocycles. The van der Waals surface area contributed by atoms with Crippen molar-refractivity contribution in [3.8, 4) is 0 Å². The van der Waals surface area contributed by atoms with Gasteiger partial charge in [0.2, 0.25) is 11.3 Å². The van der Waals surface area contributed by atoms with Crippen LogP contribution in [0.5, 0.6) is 0 Å². The van der Waals surface area contributed by atoms with Crippen molar-refractivity contribution in [2.75, 3.05) is 11.4 Å². The molecule has 1 aliphatic rings. The highest BCUT2D eigenvalue weighted by molar-refractivity contribution is 5.97. The molecule has 0 bridgehead atoms. The Morgan fingerprint density at radius 2 is 2.00 bits per heavy atom. The zero-order valence-electron chi connectivity index (χ0n) is 13.0. The Balaban J connectivity index is 2.09. The Hall–Kier alpha value is -2.88. The van der Waals surface area contributed by atoms with Crippen molar-refractivity contribution in [2.45, 2.75) is 13.8 Å². The van der Waals surface area contributed by atoms with E-state index in [0.717, 1.165) is 16.9 Å². The third-order valence-corrected chi connectivity index (χ3v) is 4.13. The summed E-state index contributed by atoms with van der Waals surface area (Å²) < 4.78 is 6.10. The lowest BCUT2D eigenvalue weighted by Crippen LogP contribution is -2.21. The molecule has 114 valence electrons. The zero-order valence-corrected chi connectivity index (χ0v) is 13.0. The Labute approximate surface area is 133 Å². The van der Waals surface area contributed by atoms with Gasteiger partial charge in [-0.15, -0.1) is 0 Å². The fraction of sp³-hybridized carbons (Fsp3) is 0.158. The van der Waals surface area contributed by atoms with Crippen LogP contribution in [0, 0.1) is 6.92 Å². The van der Waals surface area contributed by atoms with Crippen LogP contribution in [0.3, 0.4) is 0 Å². The average Bonchev–Trinajstić information content (AvgIpc) is 2.72. The molecule has 4 nitrogen and oxygen atoms in total. The van der Waals surface area contributed by atoms with Crippen LogP contribution < -0.4 is 10.3 Å². The molecule has 4 rings (SSSR count). The predicted octanol–water partition coefficient (Wildman–Crippen LogP) is 4.32. The van der Waals surface area contributed by atoms with Gasteiger partial charge in [-0.25, -0.2) is 0 Å². The van der Waals surface area contributed by atoms with E-state index in [1.165, 1.54) is 0 Å². The van der Waals surface area contributed by atoms with E-state index in [1.54, 1.807) is 6.21 Å². The van der Waals surface area contributed by atoms with Gasteiger partial charge in [-0.2, -0.15) is 0 Å². The Kier molecular flexibility index (Phi) is 3.05. The van der Waals surface area contributed by atoms with Gasteiger partial charge in [0, 0.05) is 12.8 Å². The van der Waals surface area contributed by atoms with Crippen LogP contribution in [0.15, 0.2) is 56.7 Å². The lowest BCUT2D eigenvalue weighted by Gasteiger charge is -2.22. The summed E-state index contributed by atoms with van der Waals surface area (Å²) in [7, 11) is 0. The predicted molar refractivity (Wildman–Crippen MR) is 93.6 cm³/mol. The molecule has 0 spiro atoms. The topological polar surface area (TPSA) is 45.8 Å². The van der Waals surface area contributed by atoms with E-state index >= 15 is 0 Å². The van der Waals surface area contributed by atoms with Gasteiger partial charge in [0.15, 0.2) is 0 Å². The van der Waals surface area contributed by atoms with Crippen molar-refractivity contribution in [1.29, 1.82) is 0 Å². The summed E-state index contributed by atoms with van der Waals surface area (Å²) in [6.45, 7) is 4.69. The fourth-order valence-corrected chi connectivity index (χ4v) is 2.98. The highest BCUT2D eigenvalue weighted by atomic mass is 16.4. The molecule has 23 heavy (non-hydrogen) atoms. The van der Waals surface area contributed by atoms with Crippen molar-refractivity contribution >= 4 is 34.4 Å². The first-order valence-corrected chi connectivity index (χ1v) is 7.67. The van der Waals surface area contributed by atoms with Gasteiger partial charge in [-0.3, -0.25) is 9.79 Å². The van der Waals surface area contributed by atoms with Crippen molar-refractivity contribution in [3.05, 3.63) is 63.8 Å². The standard InChI is InChI=1S/C19H16N2O2/c1-3-21-16-7-5-4-6-15(16)20-11-14-18(22)13-10-12(2)8-9-17(13)23-19(14)21/h4-11H,3H2,1-2H3. The Bertz CT molecular complexity index is 1000. The maximum Gasteiger partial charge on any atom is 0.213 e. The molecular formula is C19H16N2O2. The van der Waals surface area contributed by atoms with E-state index in [0.29, 0.717) is 29.0 Å². The molecule has 2 aromatic carbocycles. The number of benzene rings is 2. The number of aryl methyl sites for hydroxylation is 1. The lowest BCUT2D eigenvalue weighted by molar-refractivity contribution is 0.596. The molecular weight excluding hydrogens is 288 g/mol. The van der Waals surface area contributed by atoms with E-state index in [9.17, 15) is 4.79 Å². The maximum absolute atomic E-state index is 12.9. The molecule has 0 saturated heterocycles. The molecule has 0 amide bonds. The molecule has 0 unspecified atom stereocenters. The number of nitrogens with zero attached hydrogens (tertiary/aromatic N) is 2. The van der Waals surface area contributed by atoms with Crippen LogP contribution in [0.2, 0.25) is 0 Å². The van der Waals surface area contributed by atoms with E-state index in [1.807, 2.05) is 61.2 Å². The normalized spacial score (nSPS) is 12.9. The van der Waals surface area contributed by atoms with Gasteiger partial charge >= 0.3 is 0 Å². The van der Waals surface area contributed by atoms with E-state index < -0.39 is 0 Å². The van der Waals surface area contributed by atoms with E-state index in [2.05, 4.69) is 4.99 Å². The van der Waals surface area contributed by atoms with Gasteiger partial charge in [-0.1, -0.05) is 23.8 Å². The summed E-state index contributed by atoms with van der Waals surface area (Å²) in [5.74, 6) is 0.558. The summed E-state index contributed by atoms with van der Waals surface area (Å²) in [6.07, 6.45) is 1.62. The van der Waals surface area contributed by atoms with Gasteiger partial charge < -0.3 is 9.32 Å². The summed E-state index contributed by atoms with van der Waals surface area (Å²) in [5.41, 5.74) is 3.87. The van der Waals surface area contributed by atoms with Crippen molar-refractivity contribution in [3.63, 3.8) is 0 Å². The third kappa shape index (κ3) is 2.06. The molecule has 1 aromatic heterocycles. The number of hydrogen-bond donors (Lipinski definition) is 0. The van der Waals surface area contributed by atoms with Crippen molar-refractivity contribution in [2.24, 2.45) is 4.99 Å². The highest BCUT2D eigenvalue weighted by Crippen LogP contribution is 2.37. The first-order chi connectivity index (χ1) is 11.2. The minimum Gasteiger partial charge on any atom is -0.439 e. The zero-order chi connectivity index (χ0) is 16.0. The molecule has 0 atom stereocenters. The van der Waals surface area contributed by atoms with Crippen LogP contribution in [-0.2, 0) is 0 Å². The second-order valence-electron chi connectivity index (χ2n) is 5.64. The van der Waals surface area contributed by atoms with Crippen LogP contribution in [-0.4, -0.2) is 12.8 Å². The molecule has 4 heteroatoms. The minimum absolute atomic E-state index is 0.0417. The molecule has 0 N–H and O–H groups in total. The summed E-state index contributed by atoms with van der Waals surface area (Å²) >= 11 is 0. The molecule has 0 fully saturated rings. The third-order valence-electron chi connectivity index (χ3n) is 4.13. The lowest BCUT2D eigenvalue weighted by atomic mass is 10.1. The highest BCUT2D eigenvalue weighted by Gasteiger charge is 2.23. The van der Waals surface area contributed by atoms with Crippen molar-refractivity contribution < 1.29 is 4.42 Å². The first kappa shape index (κ1) is 13.8.